The quantitative estimate of drug-likeness (QED) is 0.848. The van der Waals surface area contributed by atoms with Gasteiger partial charge in [0.05, 0.1) is 5.92 Å². The molecule has 0 N–H and O–H groups in total. The molecule has 1 aromatic carbocycles. The van der Waals surface area contributed by atoms with Crippen LogP contribution in [-0.4, -0.2) is 53.4 Å². The normalized spacial score (nSPS) is 16.8. The molecule has 1 aliphatic rings. The molecule has 2 aromatic rings. The fourth-order valence-electron chi connectivity index (χ4n) is 3.17. The summed E-state index contributed by atoms with van der Waals surface area (Å²) in [6, 6.07) is 14.5. The molecule has 126 valence electrons. The highest BCUT2D eigenvalue weighted by atomic mass is 16.2. The first-order valence-corrected chi connectivity index (χ1v) is 8.69. The van der Waals surface area contributed by atoms with Gasteiger partial charge in [0.2, 0.25) is 5.91 Å². The third kappa shape index (κ3) is 4.20. The number of rotatable bonds is 5. The highest BCUT2D eigenvalue weighted by Gasteiger charge is 2.25. The smallest absolute Gasteiger partial charge is 0.229 e. The summed E-state index contributed by atoms with van der Waals surface area (Å²) in [7, 11) is 0. The lowest BCUT2D eigenvalue weighted by Gasteiger charge is -2.36. The number of piperazine rings is 1. The summed E-state index contributed by atoms with van der Waals surface area (Å²) in [5.74, 6) is 0.0975. The van der Waals surface area contributed by atoms with E-state index in [2.05, 4.69) is 40.2 Å². The predicted molar refractivity (Wildman–Crippen MR) is 95.8 cm³/mol. The Hall–Kier alpha value is -2.20. The third-order valence-corrected chi connectivity index (χ3v) is 4.80. The number of pyridine rings is 1. The summed E-state index contributed by atoms with van der Waals surface area (Å²) in [5, 5.41) is 0. The summed E-state index contributed by atoms with van der Waals surface area (Å²) in [5.41, 5.74) is 2.37. The Bertz CT molecular complexity index is 636. The van der Waals surface area contributed by atoms with Gasteiger partial charge in [-0.2, -0.15) is 0 Å². The molecule has 0 saturated carbocycles. The molecule has 4 nitrogen and oxygen atoms in total. The van der Waals surface area contributed by atoms with E-state index in [9.17, 15) is 4.79 Å². The zero-order valence-electron chi connectivity index (χ0n) is 14.3. The maximum Gasteiger partial charge on any atom is 0.229 e. The fourth-order valence-corrected chi connectivity index (χ4v) is 3.17. The lowest BCUT2D eigenvalue weighted by atomic mass is 10.0. The van der Waals surface area contributed by atoms with Crippen LogP contribution in [0.15, 0.2) is 54.9 Å². The van der Waals surface area contributed by atoms with Crippen molar-refractivity contribution in [1.82, 2.24) is 14.8 Å². The van der Waals surface area contributed by atoms with Crippen molar-refractivity contribution in [3.05, 3.63) is 66.0 Å². The monoisotopic (exact) mass is 323 g/mol. The number of aromatic nitrogens is 1. The highest BCUT2D eigenvalue weighted by Crippen LogP contribution is 2.18. The van der Waals surface area contributed by atoms with E-state index in [4.69, 9.17) is 0 Å². The van der Waals surface area contributed by atoms with Crippen molar-refractivity contribution in [3.8, 4) is 0 Å². The number of nitrogens with zero attached hydrogens (tertiary/aromatic N) is 3. The minimum atomic E-state index is -0.116. The van der Waals surface area contributed by atoms with Crippen LogP contribution in [0.25, 0.3) is 0 Å². The third-order valence-electron chi connectivity index (χ3n) is 4.80. The lowest BCUT2D eigenvalue weighted by Crippen LogP contribution is -2.50. The minimum absolute atomic E-state index is 0.116. The van der Waals surface area contributed by atoms with Gasteiger partial charge in [0.15, 0.2) is 0 Å². The Morgan fingerprint density at radius 2 is 1.83 bits per heavy atom. The molecule has 1 aromatic heterocycles. The first-order valence-electron chi connectivity index (χ1n) is 8.69. The van der Waals surface area contributed by atoms with Gasteiger partial charge in [0.1, 0.15) is 0 Å². The van der Waals surface area contributed by atoms with Gasteiger partial charge in [-0.05, 0) is 30.5 Å². The molecule has 0 bridgehead atoms. The van der Waals surface area contributed by atoms with Crippen LogP contribution in [0.5, 0.6) is 0 Å². The molecule has 3 rings (SSSR count). The maximum atomic E-state index is 12.7. The molecule has 1 amide bonds. The van der Waals surface area contributed by atoms with Crippen LogP contribution in [-0.2, 0) is 11.2 Å². The Kier molecular flexibility index (Phi) is 5.59. The van der Waals surface area contributed by atoms with Gasteiger partial charge >= 0.3 is 0 Å². The van der Waals surface area contributed by atoms with Crippen molar-refractivity contribution in [2.24, 2.45) is 0 Å². The zero-order valence-corrected chi connectivity index (χ0v) is 14.3. The second-order valence-corrected chi connectivity index (χ2v) is 6.41. The minimum Gasteiger partial charge on any atom is -0.340 e. The zero-order chi connectivity index (χ0) is 16.8. The van der Waals surface area contributed by atoms with Gasteiger partial charge in [-0.15, -0.1) is 0 Å². The molecular formula is C20H25N3O. The van der Waals surface area contributed by atoms with Crippen LogP contribution in [0.4, 0.5) is 0 Å². The molecule has 0 spiro atoms. The Balaban J connectivity index is 1.47. The number of carbonyl (C=O) groups is 1. The van der Waals surface area contributed by atoms with Gasteiger partial charge in [0, 0.05) is 45.1 Å². The summed E-state index contributed by atoms with van der Waals surface area (Å²) >= 11 is 0. The summed E-state index contributed by atoms with van der Waals surface area (Å²) < 4.78 is 0. The molecule has 1 fully saturated rings. The van der Waals surface area contributed by atoms with Crippen molar-refractivity contribution >= 4 is 5.91 Å². The number of amides is 1. The molecule has 1 atom stereocenters. The van der Waals surface area contributed by atoms with Crippen LogP contribution < -0.4 is 0 Å². The topological polar surface area (TPSA) is 36.4 Å². The van der Waals surface area contributed by atoms with Gasteiger partial charge in [-0.1, -0.05) is 36.4 Å². The van der Waals surface area contributed by atoms with Crippen LogP contribution in [0.3, 0.4) is 0 Å². The van der Waals surface area contributed by atoms with E-state index < -0.39 is 0 Å². The Labute approximate surface area is 144 Å². The standard InChI is InChI=1S/C20H25N3O/c1-17(19-8-5-10-21-16-19)20(24)23-14-12-22(13-15-23)11-9-18-6-3-2-4-7-18/h2-8,10,16-17H,9,11-15H2,1H3. The Morgan fingerprint density at radius 1 is 1.08 bits per heavy atom. The molecule has 2 heterocycles. The average Bonchev–Trinajstić information content (AvgIpc) is 2.67. The maximum absolute atomic E-state index is 12.7. The number of hydrogen-bond acceptors (Lipinski definition) is 3. The second kappa shape index (κ2) is 8.06. The Morgan fingerprint density at radius 3 is 2.50 bits per heavy atom. The number of hydrogen-bond donors (Lipinski definition) is 0. The molecule has 0 aliphatic carbocycles. The summed E-state index contributed by atoms with van der Waals surface area (Å²) in [6.45, 7) is 6.58. The van der Waals surface area contributed by atoms with E-state index in [0.717, 1.165) is 44.7 Å². The molecule has 24 heavy (non-hydrogen) atoms. The molecule has 0 radical (unpaired) electrons. The van der Waals surface area contributed by atoms with Crippen molar-refractivity contribution in [2.75, 3.05) is 32.7 Å². The van der Waals surface area contributed by atoms with Crippen molar-refractivity contribution < 1.29 is 4.79 Å². The second-order valence-electron chi connectivity index (χ2n) is 6.41. The van der Waals surface area contributed by atoms with Gasteiger partial charge < -0.3 is 4.90 Å². The van der Waals surface area contributed by atoms with Gasteiger partial charge in [0.25, 0.3) is 0 Å². The predicted octanol–water partition coefficient (Wildman–Crippen LogP) is 2.57. The average molecular weight is 323 g/mol. The largest absolute Gasteiger partial charge is 0.340 e. The number of carbonyl (C=O) groups excluding carboxylic acids is 1. The number of benzene rings is 1. The molecule has 1 aliphatic heterocycles. The SMILES string of the molecule is CC(C(=O)N1CCN(CCc2ccccc2)CC1)c1cccnc1. The van der Waals surface area contributed by atoms with E-state index in [-0.39, 0.29) is 11.8 Å². The van der Waals surface area contributed by atoms with Crippen LogP contribution >= 0.6 is 0 Å². The summed E-state index contributed by atoms with van der Waals surface area (Å²) in [6.07, 6.45) is 4.60. The molecular weight excluding hydrogens is 298 g/mol. The van der Waals surface area contributed by atoms with E-state index in [0.29, 0.717) is 0 Å². The molecule has 1 unspecified atom stereocenters. The lowest BCUT2D eigenvalue weighted by molar-refractivity contribution is -0.134. The van der Waals surface area contributed by atoms with Gasteiger partial charge in [-0.25, -0.2) is 0 Å². The van der Waals surface area contributed by atoms with E-state index >= 15 is 0 Å². The molecule has 4 heteroatoms. The summed E-state index contributed by atoms with van der Waals surface area (Å²) in [4.78, 5) is 21.2. The van der Waals surface area contributed by atoms with E-state index in [1.807, 2.05) is 24.0 Å². The van der Waals surface area contributed by atoms with Crippen molar-refractivity contribution in [1.29, 1.82) is 0 Å². The van der Waals surface area contributed by atoms with Gasteiger partial charge in [-0.3, -0.25) is 14.7 Å². The first-order chi connectivity index (χ1) is 11.7. The van der Waals surface area contributed by atoms with Crippen LogP contribution in [0.1, 0.15) is 24.0 Å². The first kappa shape index (κ1) is 16.7. The molecule has 1 saturated heterocycles. The highest BCUT2D eigenvalue weighted by molar-refractivity contribution is 5.83. The van der Waals surface area contributed by atoms with Crippen molar-refractivity contribution in [2.45, 2.75) is 19.3 Å². The van der Waals surface area contributed by atoms with E-state index in [1.54, 1.807) is 12.4 Å². The van der Waals surface area contributed by atoms with Crippen molar-refractivity contribution in [3.63, 3.8) is 0 Å². The fraction of sp³-hybridized carbons (Fsp3) is 0.400. The van der Waals surface area contributed by atoms with Crippen LogP contribution in [0, 0.1) is 0 Å². The van der Waals surface area contributed by atoms with E-state index in [1.165, 1.54) is 5.56 Å². The van der Waals surface area contributed by atoms with Crippen LogP contribution in [0.2, 0.25) is 0 Å².